The van der Waals surface area contributed by atoms with Crippen LogP contribution in [0.25, 0.3) is 0 Å². The summed E-state index contributed by atoms with van der Waals surface area (Å²) in [5, 5.41) is 11.4. The highest BCUT2D eigenvalue weighted by Gasteiger charge is 2.33. The van der Waals surface area contributed by atoms with Gasteiger partial charge < -0.3 is 15.0 Å². The smallest absolute Gasteiger partial charge is 0.410 e. The molecule has 1 N–H and O–H groups in total. The molecule has 1 aromatic rings. The lowest BCUT2D eigenvalue weighted by Gasteiger charge is -2.40. The summed E-state index contributed by atoms with van der Waals surface area (Å²) < 4.78 is 7.20. The van der Waals surface area contributed by atoms with Crippen LogP contribution in [0.2, 0.25) is 0 Å². The number of amides is 1. The molecule has 124 valence electrons. The number of ether oxygens (including phenoxy) is 1. The van der Waals surface area contributed by atoms with Gasteiger partial charge in [0.15, 0.2) is 0 Å². The normalized spacial score (nSPS) is 18.3. The summed E-state index contributed by atoms with van der Waals surface area (Å²) in [4.78, 5) is 13.9. The standard InChI is InChI=1S/C15H27N5O2/c1-14(2,3)22-13(21)20-8-6-15(4,7-9-20)16-10-12-11-17-18-19(12)5/h11,16H,6-10H2,1-5H3. The summed E-state index contributed by atoms with van der Waals surface area (Å²) in [5.41, 5.74) is 0.626. The molecule has 7 nitrogen and oxygen atoms in total. The lowest BCUT2D eigenvalue weighted by Crippen LogP contribution is -2.53. The van der Waals surface area contributed by atoms with E-state index >= 15 is 0 Å². The topological polar surface area (TPSA) is 72.3 Å². The molecule has 0 saturated carbocycles. The van der Waals surface area contributed by atoms with E-state index in [1.807, 2.05) is 27.8 Å². The molecule has 2 heterocycles. The van der Waals surface area contributed by atoms with E-state index in [-0.39, 0.29) is 11.6 Å². The van der Waals surface area contributed by atoms with Crippen molar-refractivity contribution >= 4 is 6.09 Å². The SMILES string of the molecule is Cn1nncc1CNC1(C)CCN(C(=O)OC(C)(C)C)CC1. The molecule has 0 aromatic carbocycles. The maximum atomic E-state index is 12.1. The summed E-state index contributed by atoms with van der Waals surface area (Å²) in [6.07, 6.45) is 3.35. The third-order valence-corrected chi connectivity index (χ3v) is 4.02. The predicted molar refractivity (Wildman–Crippen MR) is 83.3 cm³/mol. The van der Waals surface area contributed by atoms with Crippen LogP contribution >= 0.6 is 0 Å². The van der Waals surface area contributed by atoms with Crippen molar-refractivity contribution in [2.45, 2.75) is 58.2 Å². The van der Waals surface area contributed by atoms with Gasteiger partial charge in [-0.3, -0.25) is 4.68 Å². The quantitative estimate of drug-likeness (QED) is 0.920. The number of carbonyl (C=O) groups is 1. The number of rotatable bonds is 3. The summed E-state index contributed by atoms with van der Waals surface area (Å²) >= 11 is 0. The minimum atomic E-state index is -0.442. The largest absolute Gasteiger partial charge is 0.444 e. The molecule has 0 atom stereocenters. The summed E-state index contributed by atoms with van der Waals surface area (Å²) in [6.45, 7) is 10.0. The minimum absolute atomic E-state index is 0.0166. The number of aryl methyl sites for hydroxylation is 1. The molecule has 2 rings (SSSR count). The fraction of sp³-hybridized carbons (Fsp3) is 0.800. The van der Waals surface area contributed by atoms with Gasteiger partial charge in [0.25, 0.3) is 0 Å². The Morgan fingerprint density at radius 1 is 1.41 bits per heavy atom. The Kier molecular flexibility index (Phi) is 4.75. The van der Waals surface area contributed by atoms with Gasteiger partial charge in [-0.2, -0.15) is 0 Å². The predicted octanol–water partition coefficient (Wildman–Crippen LogP) is 1.69. The van der Waals surface area contributed by atoms with Crippen molar-refractivity contribution in [3.8, 4) is 0 Å². The molecule has 0 unspecified atom stereocenters. The van der Waals surface area contributed by atoms with E-state index in [1.54, 1.807) is 15.8 Å². The molecule has 1 aliphatic heterocycles. The fourth-order valence-corrected chi connectivity index (χ4v) is 2.46. The second-order valence-corrected chi connectivity index (χ2v) is 7.23. The van der Waals surface area contributed by atoms with Crippen molar-refractivity contribution in [2.75, 3.05) is 13.1 Å². The van der Waals surface area contributed by atoms with E-state index in [4.69, 9.17) is 4.74 Å². The minimum Gasteiger partial charge on any atom is -0.444 e. The van der Waals surface area contributed by atoms with E-state index in [9.17, 15) is 4.79 Å². The molecular weight excluding hydrogens is 282 g/mol. The van der Waals surface area contributed by atoms with Crippen molar-refractivity contribution in [3.63, 3.8) is 0 Å². The van der Waals surface area contributed by atoms with Crippen molar-refractivity contribution in [3.05, 3.63) is 11.9 Å². The van der Waals surface area contributed by atoms with Crippen molar-refractivity contribution in [1.82, 2.24) is 25.2 Å². The zero-order chi connectivity index (χ0) is 16.4. The zero-order valence-corrected chi connectivity index (χ0v) is 14.2. The number of aromatic nitrogens is 3. The first kappa shape index (κ1) is 16.7. The number of nitrogens with zero attached hydrogens (tertiary/aromatic N) is 4. The van der Waals surface area contributed by atoms with Gasteiger partial charge in [0.05, 0.1) is 11.9 Å². The monoisotopic (exact) mass is 309 g/mol. The Bertz CT molecular complexity index is 512. The summed E-state index contributed by atoms with van der Waals surface area (Å²) in [5.74, 6) is 0. The van der Waals surface area contributed by atoms with Gasteiger partial charge in [-0.15, -0.1) is 5.10 Å². The van der Waals surface area contributed by atoms with Crippen LogP contribution in [0.15, 0.2) is 6.20 Å². The summed E-state index contributed by atoms with van der Waals surface area (Å²) in [6, 6.07) is 0. The molecule has 0 radical (unpaired) electrons. The van der Waals surface area contributed by atoms with E-state index in [0.717, 1.165) is 25.1 Å². The van der Waals surface area contributed by atoms with Crippen LogP contribution in [-0.2, 0) is 18.3 Å². The van der Waals surface area contributed by atoms with E-state index in [1.165, 1.54) is 0 Å². The number of carbonyl (C=O) groups excluding carboxylic acids is 1. The lowest BCUT2D eigenvalue weighted by molar-refractivity contribution is 0.0156. The third-order valence-electron chi connectivity index (χ3n) is 4.02. The van der Waals surface area contributed by atoms with Crippen LogP contribution in [0.3, 0.4) is 0 Å². The van der Waals surface area contributed by atoms with Crippen molar-refractivity contribution < 1.29 is 9.53 Å². The first-order chi connectivity index (χ1) is 10.2. The molecule has 1 aliphatic rings. The van der Waals surface area contributed by atoms with Crippen LogP contribution in [0.4, 0.5) is 4.79 Å². The van der Waals surface area contributed by atoms with Gasteiger partial charge in [0, 0.05) is 32.2 Å². The molecule has 1 saturated heterocycles. The summed E-state index contributed by atoms with van der Waals surface area (Å²) in [7, 11) is 1.89. The molecule has 7 heteroatoms. The molecule has 0 aliphatic carbocycles. The second kappa shape index (κ2) is 6.24. The van der Waals surface area contributed by atoms with Gasteiger partial charge in [-0.05, 0) is 40.5 Å². The zero-order valence-electron chi connectivity index (χ0n) is 14.2. The van der Waals surface area contributed by atoms with Crippen molar-refractivity contribution in [2.24, 2.45) is 7.05 Å². The van der Waals surface area contributed by atoms with Crippen LogP contribution in [0.1, 0.15) is 46.2 Å². The maximum absolute atomic E-state index is 12.1. The third kappa shape index (κ3) is 4.43. The number of hydrogen-bond acceptors (Lipinski definition) is 5. The molecule has 1 amide bonds. The highest BCUT2D eigenvalue weighted by Crippen LogP contribution is 2.23. The number of hydrogen-bond donors (Lipinski definition) is 1. The van der Waals surface area contributed by atoms with Gasteiger partial charge in [-0.25, -0.2) is 4.79 Å². The van der Waals surface area contributed by atoms with E-state index < -0.39 is 5.60 Å². The fourth-order valence-electron chi connectivity index (χ4n) is 2.46. The molecule has 0 spiro atoms. The second-order valence-electron chi connectivity index (χ2n) is 7.23. The van der Waals surface area contributed by atoms with E-state index in [2.05, 4.69) is 22.6 Å². The molecule has 1 aromatic heterocycles. The molecule has 1 fully saturated rings. The number of nitrogens with one attached hydrogen (secondary N) is 1. The first-order valence-corrected chi connectivity index (χ1v) is 7.75. The molecule has 22 heavy (non-hydrogen) atoms. The van der Waals surface area contributed by atoms with Crippen LogP contribution in [0, 0.1) is 0 Å². The van der Waals surface area contributed by atoms with Gasteiger partial charge in [0.2, 0.25) is 0 Å². The van der Waals surface area contributed by atoms with Crippen LogP contribution < -0.4 is 5.32 Å². The van der Waals surface area contributed by atoms with Gasteiger partial charge >= 0.3 is 6.09 Å². The van der Waals surface area contributed by atoms with Gasteiger partial charge in [0.1, 0.15) is 5.60 Å². The van der Waals surface area contributed by atoms with E-state index in [0.29, 0.717) is 13.1 Å². The average Bonchev–Trinajstić information content (AvgIpc) is 2.81. The van der Waals surface area contributed by atoms with Gasteiger partial charge in [-0.1, -0.05) is 5.21 Å². The molecular formula is C15H27N5O2. The Morgan fingerprint density at radius 2 is 2.05 bits per heavy atom. The number of likely N-dealkylation sites (tertiary alicyclic amines) is 1. The lowest BCUT2D eigenvalue weighted by atomic mass is 9.89. The maximum Gasteiger partial charge on any atom is 0.410 e. The number of piperidine rings is 1. The van der Waals surface area contributed by atoms with Crippen LogP contribution in [-0.4, -0.2) is 50.2 Å². The Hall–Kier alpha value is -1.63. The Balaban J connectivity index is 1.83. The van der Waals surface area contributed by atoms with Crippen LogP contribution in [0.5, 0.6) is 0 Å². The Morgan fingerprint density at radius 3 is 2.55 bits per heavy atom. The highest BCUT2D eigenvalue weighted by atomic mass is 16.6. The highest BCUT2D eigenvalue weighted by molar-refractivity contribution is 5.68. The first-order valence-electron chi connectivity index (χ1n) is 7.75. The average molecular weight is 309 g/mol. The van der Waals surface area contributed by atoms with Crippen molar-refractivity contribution in [1.29, 1.82) is 0 Å². The molecule has 0 bridgehead atoms. The Labute approximate surface area is 132 Å².